The van der Waals surface area contributed by atoms with Crippen molar-refractivity contribution >= 4 is 29.3 Å². The quantitative estimate of drug-likeness (QED) is 0.574. The number of benzene rings is 1. The van der Waals surface area contributed by atoms with Crippen molar-refractivity contribution in [3.8, 4) is 6.07 Å². The summed E-state index contributed by atoms with van der Waals surface area (Å²) in [5.41, 5.74) is 0.410. The van der Waals surface area contributed by atoms with Gasteiger partial charge in [0, 0.05) is 56.3 Å². The molecule has 4 rings (SSSR count). The molecule has 2 aliphatic rings. The van der Waals surface area contributed by atoms with Gasteiger partial charge in [-0.25, -0.2) is 9.78 Å². The van der Waals surface area contributed by atoms with Gasteiger partial charge in [0.05, 0.1) is 5.56 Å². The number of rotatable bonds is 7. The maximum absolute atomic E-state index is 14.4. The van der Waals surface area contributed by atoms with Gasteiger partial charge in [0.25, 0.3) is 0 Å². The van der Waals surface area contributed by atoms with Gasteiger partial charge in [-0.05, 0) is 56.0 Å². The second-order valence-electron chi connectivity index (χ2n) is 9.96. The zero-order valence-corrected chi connectivity index (χ0v) is 22.4. The third-order valence-electron chi connectivity index (χ3n) is 7.83. The van der Waals surface area contributed by atoms with Crippen molar-refractivity contribution in [3.05, 3.63) is 58.7 Å². The summed E-state index contributed by atoms with van der Waals surface area (Å²) in [5, 5.41) is 13.1. The van der Waals surface area contributed by atoms with Crippen LogP contribution in [0.1, 0.15) is 50.2 Å². The van der Waals surface area contributed by atoms with Crippen molar-refractivity contribution in [2.75, 3.05) is 38.1 Å². The Kier molecular flexibility index (Phi) is 8.35. The molecule has 0 aliphatic carbocycles. The molecule has 0 saturated carbocycles. The van der Waals surface area contributed by atoms with Gasteiger partial charge in [-0.15, -0.1) is 0 Å². The molecule has 2 saturated heterocycles. The molecule has 196 valence electrons. The van der Waals surface area contributed by atoms with Crippen molar-refractivity contribution in [3.63, 3.8) is 0 Å². The number of pyridine rings is 1. The number of amides is 1. The number of anilines is 1. The Morgan fingerprint density at radius 1 is 1.27 bits per heavy atom. The lowest BCUT2D eigenvalue weighted by molar-refractivity contribution is -0.134. The van der Waals surface area contributed by atoms with Gasteiger partial charge in [-0.2, -0.15) is 5.26 Å². The van der Waals surface area contributed by atoms with E-state index in [-0.39, 0.29) is 23.7 Å². The maximum Gasteiger partial charge on any atom is 0.410 e. The molecule has 2 aliphatic heterocycles. The van der Waals surface area contributed by atoms with E-state index in [1.54, 1.807) is 19.3 Å². The minimum absolute atomic E-state index is 0.0634. The predicted molar refractivity (Wildman–Crippen MR) is 143 cm³/mol. The van der Waals surface area contributed by atoms with E-state index in [2.05, 4.69) is 21.3 Å². The summed E-state index contributed by atoms with van der Waals surface area (Å²) in [6, 6.07) is 13.2. The van der Waals surface area contributed by atoms with Crippen LogP contribution in [0, 0.1) is 17.2 Å². The minimum atomic E-state index is -1.07. The number of carbonyl (C=O) groups is 2. The largest absolute Gasteiger partial charge is 0.446 e. The highest BCUT2D eigenvalue weighted by Gasteiger charge is 2.56. The summed E-state index contributed by atoms with van der Waals surface area (Å²) in [5.74, 6) is 0.428. The standard InChI is InChI=1S/C28H34ClN5O3/c1-4-19(2)37-27(36)33(3)28(18-31-17-24(28)21-6-8-23(29)9-7-21)26(35)22-11-13-34(14-12-22)25-10-5-20(15-30)16-32-25/h5-10,16,19,22,24,31H,4,11-14,17-18H2,1-3H3/t19?,24-,28+/m0/s1. The average Bonchev–Trinajstić information content (AvgIpc) is 3.38. The van der Waals surface area contributed by atoms with Gasteiger partial charge in [-0.3, -0.25) is 9.69 Å². The fourth-order valence-electron chi connectivity index (χ4n) is 5.43. The molecule has 2 fully saturated rings. The molecule has 1 aromatic carbocycles. The summed E-state index contributed by atoms with van der Waals surface area (Å²) in [6.07, 6.45) is 2.85. The molecule has 1 N–H and O–H groups in total. The van der Waals surface area contributed by atoms with E-state index in [1.165, 1.54) is 4.90 Å². The lowest BCUT2D eigenvalue weighted by atomic mass is 9.72. The van der Waals surface area contributed by atoms with Crippen molar-refractivity contribution in [2.24, 2.45) is 5.92 Å². The number of hydrogen-bond donors (Lipinski definition) is 1. The molecular formula is C28H34ClN5O3. The van der Waals surface area contributed by atoms with Crippen LogP contribution in [0.5, 0.6) is 0 Å². The number of Topliss-reactive ketones (excluding diaryl/α,β-unsaturated/α-hetero) is 1. The molecular weight excluding hydrogens is 490 g/mol. The Morgan fingerprint density at radius 2 is 1.97 bits per heavy atom. The van der Waals surface area contributed by atoms with Crippen molar-refractivity contribution in [2.45, 2.75) is 50.7 Å². The van der Waals surface area contributed by atoms with Crippen LogP contribution in [0.2, 0.25) is 5.02 Å². The lowest BCUT2D eigenvalue weighted by Gasteiger charge is -2.44. The van der Waals surface area contributed by atoms with Crippen LogP contribution in [0.3, 0.4) is 0 Å². The molecule has 3 atom stereocenters. The highest BCUT2D eigenvalue weighted by Crippen LogP contribution is 2.41. The van der Waals surface area contributed by atoms with Gasteiger partial charge >= 0.3 is 6.09 Å². The van der Waals surface area contributed by atoms with Crippen molar-refractivity contribution < 1.29 is 14.3 Å². The van der Waals surface area contributed by atoms with Gasteiger partial charge in [0.2, 0.25) is 0 Å². The second-order valence-corrected chi connectivity index (χ2v) is 10.4. The normalized spacial score (nSPS) is 22.8. The number of aromatic nitrogens is 1. The Bertz CT molecular complexity index is 1140. The Morgan fingerprint density at radius 3 is 2.57 bits per heavy atom. The molecule has 0 radical (unpaired) electrons. The summed E-state index contributed by atoms with van der Waals surface area (Å²) >= 11 is 6.15. The summed E-state index contributed by atoms with van der Waals surface area (Å²) < 4.78 is 5.68. The van der Waals surface area contributed by atoms with E-state index in [9.17, 15) is 9.59 Å². The number of likely N-dealkylation sites (N-methyl/N-ethyl adjacent to an activating group) is 1. The molecule has 0 bridgehead atoms. The van der Waals surface area contributed by atoms with Crippen molar-refractivity contribution in [1.29, 1.82) is 5.26 Å². The van der Waals surface area contributed by atoms with E-state index in [4.69, 9.17) is 21.6 Å². The summed E-state index contributed by atoms with van der Waals surface area (Å²) in [4.78, 5) is 35.8. The van der Waals surface area contributed by atoms with Crippen LogP contribution < -0.4 is 10.2 Å². The predicted octanol–water partition coefficient (Wildman–Crippen LogP) is 4.38. The number of piperidine rings is 1. The Hall–Kier alpha value is -3.15. The number of nitrogens with one attached hydrogen (secondary N) is 1. The van der Waals surface area contributed by atoms with Crippen LogP contribution in [0.4, 0.5) is 10.6 Å². The van der Waals surface area contributed by atoms with Crippen molar-refractivity contribution in [1.82, 2.24) is 15.2 Å². The average molecular weight is 524 g/mol. The molecule has 1 amide bonds. The Balaban J connectivity index is 1.59. The fourth-order valence-corrected chi connectivity index (χ4v) is 5.55. The van der Waals surface area contributed by atoms with Gasteiger partial charge in [0.15, 0.2) is 5.78 Å². The van der Waals surface area contributed by atoms with E-state index < -0.39 is 11.6 Å². The van der Waals surface area contributed by atoms with Crippen LogP contribution in [0.15, 0.2) is 42.6 Å². The first-order valence-corrected chi connectivity index (χ1v) is 13.2. The lowest BCUT2D eigenvalue weighted by Crippen LogP contribution is -2.62. The molecule has 9 heteroatoms. The molecule has 37 heavy (non-hydrogen) atoms. The van der Waals surface area contributed by atoms with Gasteiger partial charge < -0.3 is 15.0 Å². The first-order chi connectivity index (χ1) is 17.8. The fraction of sp³-hybridized carbons (Fsp3) is 0.500. The third kappa shape index (κ3) is 5.43. The molecule has 1 unspecified atom stereocenters. The molecule has 1 aromatic heterocycles. The van der Waals surface area contributed by atoms with E-state index >= 15 is 0 Å². The number of carbonyl (C=O) groups excluding carboxylic acids is 2. The molecule has 3 heterocycles. The topological polar surface area (TPSA) is 98.6 Å². The summed E-state index contributed by atoms with van der Waals surface area (Å²) in [6.45, 7) is 6.10. The van der Waals surface area contributed by atoms with Crippen LogP contribution in [-0.4, -0.2) is 66.6 Å². The number of hydrogen-bond acceptors (Lipinski definition) is 7. The van der Waals surface area contributed by atoms with E-state index in [0.29, 0.717) is 56.0 Å². The van der Waals surface area contributed by atoms with Crippen LogP contribution in [-0.2, 0) is 9.53 Å². The smallest absolute Gasteiger partial charge is 0.410 e. The Labute approximate surface area is 223 Å². The third-order valence-corrected chi connectivity index (χ3v) is 8.09. The number of ketones is 1. The highest BCUT2D eigenvalue weighted by molar-refractivity contribution is 6.30. The van der Waals surface area contributed by atoms with Gasteiger partial charge in [-0.1, -0.05) is 30.7 Å². The minimum Gasteiger partial charge on any atom is -0.446 e. The molecule has 0 spiro atoms. The zero-order valence-electron chi connectivity index (χ0n) is 21.6. The highest BCUT2D eigenvalue weighted by atomic mass is 35.5. The monoisotopic (exact) mass is 523 g/mol. The maximum atomic E-state index is 14.4. The number of halogens is 1. The molecule has 8 nitrogen and oxygen atoms in total. The van der Waals surface area contributed by atoms with Crippen LogP contribution in [0.25, 0.3) is 0 Å². The molecule has 2 aromatic rings. The van der Waals surface area contributed by atoms with E-state index in [1.807, 2.05) is 44.2 Å². The SMILES string of the molecule is CCC(C)OC(=O)N(C)[C@]1(C(=O)C2CCN(c3ccc(C#N)cn3)CC2)CNC[C@H]1c1ccc(Cl)cc1. The number of nitriles is 1. The summed E-state index contributed by atoms with van der Waals surface area (Å²) in [7, 11) is 1.69. The number of nitrogens with zero attached hydrogens (tertiary/aromatic N) is 4. The van der Waals surface area contributed by atoms with Crippen LogP contribution >= 0.6 is 11.6 Å². The zero-order chi connectivity index (χ0) is 26.6. The van der Waals surface area contributed by atoms with Gasteiger partial charge in [0.1, 0.15) is 23.5 Å². The first-order valence-electron chi connectivity index (χ1n) is 12.9. The number of ether oxygens (including phenoxy) is 1. The first kappa shape index (κ1) is 26.9. The van der Waals surface area contributed by atoms with E-state index in [0.717, 1.165) is 11.4 Å². The second kappa shape index (κ2) is 11.5.